The van der Waals surface area contributed by atoms with Crippen LogP contribution in [0.2, 0.25) is 0 Å². The predicted molar refractivity (Wildman–Crippen MR) is 62.8 cm³/mol. The molecule has 0 unspecified atom stereocenters. The number of hydrogen-bond donors (Lipinski definition) is 0. The lowest BCUT2D eigenvalue weighted by Crippen LogP contribution is -2.06. The van der Waals surface area contributed by atoms with E-state index in [0.717, 1.165) is 5.75 Å². The summed E-state index contributed by atoms with van der Waals surface area (Å²) in [6.07, 6.45) is 0.129. The van der Waals surface area contributed by atoms with Gasteiger partial charge >= 0.3 is 0 Å². The van der Waals surface area contributed by atoms with Crippen LogP contribution < -0.4 is 4.74 Å². The van der Waals surface area contributed by atoms with Crippen molar-refractivity contribution in [2.45, 2.75) is 23.4 Å². The second kappa shape index (κ2) is 4.62. The van der Waals surface area contributed by atoms with E-state index >= 15 is 0 Å². The van der Waals surface area contributed by atoms with Crippen molar-refractivity contribution >= 4 is 31.9 Å². The summed E-state index contributed by atoms with van der Waals surface area (Å²) in [6.45, 7) is 3.89. The molecule has 0 amide bonds. The molecule has 0 aliphatic rings. The summed E-state index contributed by atoms with van der Waals surface area (Å²) in [5.74, 6) is 0.744. The third-order valence-electron chi connectivity index (χ3n) is 1.55. The second-order valence-corrected chi connectivity index (χ2v) is 6.44. The SMILES string of the molecule is CC(C)Oc1ccc(C(F)(Br)Br)cc1. The number of ether oxygens (including phenoxy) is 1. The normalized spacial score (nSPS) is 11.9. The van der Waals surface area contributed by atoms with E-state index in [4.69, 9.17) is 4.74 Å². The van der Waals surface area contributed by atoms with Crippen molar-refractivity contribution in [2.24, 2.45) is 0 Å². The van der Waals surface area contributed by atoms with Gasteiger partial charge in [-0.1, -0.05) is 12.1 Å². The van der Waals surface area contributed by atoms with Crippen LogP contribution in [0.5, 0.6) is 5.75 Å². The van der Waals surface area contributed by atoms with Gasteiger partial charge in [0.15, 0.2) is 0 Å². The predicted octanol–water partition coefficient (Wildman–Crippen LogP) is 4.34. The Morgan fingerprint density at radius 1 is 1.21 bits per heavy atom. The molecule has 0 aliphatic heterocycles. The van der Waals surface area contributed by atoms with E-state index in [1.165, 1.54) is 0 Å². The zero-order valence-corrected chi connectivity index (χ0v) is 11.1. The highest BCUT2D eigenvalue weighted by Gasteiger charge is 2.23. The maximum Gasteiger partial charge on any atom is 0.244 e. The standard InChI is InChI=1S/C10H11Br2FO/c1-7(2)14-9-5-3-8(4-6-9)10(11,12)13/h3-7H,1-2H3. The highest BCUT2D eigenvalue weighted by atomic mass is 79.9. The van der Waals surface area contributed by atoms with Gasteiger partial charge in [-0.15, -0.1) is 0 Å². The number of hydrogen-bond acceptors (Lipinski definition) is 1. The first-order valence-electron chi connectivity index (χ1n) is 4.23. The molecule has 1 aromatic carbocycles. The Balaban J connectivity index is 2.79. The van der Waals surface area contributed by atoms with Gasteiger partial charge in [-0.05, 0) is 57.8 Å². The molecule has 4 heteroatoms. The molecule has 0 radical (unpaired) electrons. The summed E-state index contributed by atoms with van der Waals surface area (Å²) in [5, 5.41) is 0. The summed E-state index contributed by atoms with van der Waals surface area (Å²) >= 11 is 5.74. The van der Waals surface area contributed by atoms with Crippen LogP contribution in [0, 0.1) is 0 Å². The van der Waals surface area contributed by atoms with Crippen LogP contribution in [-0.2, 0) is 3.49 Å². The van der Waals surface area contributed by atoms with Crippen LogP contribution in [0.3, 0.4) is 0 Å². The third kappa shape index (κ3) is 3.58. The molecule has 0 saturated heterocycles. The van der Waals surface area contributed by atoms with Gasteiger partial charge in [0, 0.05) is 5.56 Å². The summed E-state index contributed by atoms with van der Waals surface area (Å²) in [6, 6.07) is 6.82. The second-order valence-electron chi connectivity index (χ2n) is 3.19. The van der Waals surface area contributed by atoms with Crippen molar-refractivity contribution in [2.75, 3.05) is 0 Å². The Kier molecular flexibility index (Phi) is 3.95. The van der Waals surface area contributed by atoms with Crippen molar-refractivity contribution in [1.29, 1.82) is 0 Å². The molecule has 0 spiro atoms. The third-order valence-corrected chi connectivity index (χ3v) is 2.47. The van der Waals surface area contributed by atoms with E-state index in [1.54, 1.807) is 24.3 Å². The summed E-state index contributed by atoms with van der Waals surface area (Å²) < 4.78 is 17.1. The fourth-order valence-corrected chi connectivity index (χ4v) is 1.52. The maximum atomic E-state index is 13.3. The van der Waals surface area contributed by atoms with Crippen LogP contribution in [-0.4, -0.2) is 6.10 Å². The highest BCUT2D eigenvalue weighted by Crippen LogP contribution is 2.39. The molecular formula is C10H11Br2FO. The van der Waals surface area contributed by atoms with Gasteiger partial charge in [0.05, 0.1) is 6.10 Å². The summed E-state index contributed by atoms with van der Waals surface area (Å²) in [4.78, 5) is 0. The monoisotopic (exact) mass is 324 g/mol. The number of benzene rings is 1. The first-order valence-corrected chi connectivity index (χ1v) is 5.82. The molecule has 0 fully saturated rings. The average Bonchev–Trinajstić information content (AvgIpc) is 2.02. The zero-order valence-electron chi connectivity index (χ0n) is 7.93. The van der Waals surface area contributed by atoms with E-state index in [2.05, 4.69) is 31.9 Å². The molecule has 0 atom stereocenters. The lowest BCUT2D eigenvalue weighted by molar-refractivity contribution is 0.242. The van der Waals surface area contributed by atoms with Gasteiger partial charge in [-0.25, -0.2) is 4.39 Å². The van der Waals surface area contributed by atoms with E-state index in [1.807, 2.05) is 13.8 Å². The quantitative estimate of drug-likeness (QED) is 0.751. The molecular weight excluding hydrogens is 315 g/mol. The Morgan fingerprint density at radius 3 is 2.07 bits per heavy atom. The van der Waals surface area contributed by atoms with Crippen LogP contribution in [0.1, 0.15) is 19.4 Å². The van der Waals surface area contributed by atoms with Gasteiger partial charge in [-0.2, -0.15) is 0 Å². The lowest BCUT2D eigenvalue weighted by atomic mass is 10.2. The van der Waals surface area contributed by atoms with E-state index < -0.39 is 3.49 Å². The molecule has 0 N–H and O–H groups in total. The minimum absolute atomic E-state index is 0.129. The van der Waals surface area contributed by atoms with E-state index in [-0.39, 0.29) is 6.10 Å². The first-order chi connectivity index (χ1) is 6.39. The van der Waals surface area contributed by atoms with Gasteiger partial charge in [0.1, 0.15) is 5.75 Å². The van der Waals surface area contributed by atoms with Crippen molar-refractivity contribution in [1.82, 2.24) is 0 Å². The fourth-order valence-electron chi connectivity index (χ4n) is 0.995. The molecule has 0 aromatic heterocycles. The summed E-state index contributed by atoms with van der Waals surface area (Å²) in [5.41, 5.74) is 0.508. The summed E-state index contributed by atoms with van der Waals surface area (Å²) in [7, 11) is 0. The average molecular weight is 326 g/mol. The van der Waals surface area contributed by atoms with Gasteiger partial charge in [-0.3, -0.25) is 0 Å². The van der Waals surface area contributed by atoms with Crippen LogP contribution in [0.15, 0.2) is 24.3 Å². The molecule has 0 bridgehead atoms. The van der Waals surface area contributed by atoms with E-state index in [9.17, 15) is 4.39 Å². The minimum Gasteiger partial charge on any atom is -0.491 e. The van der Waals surface area contributed by atoms with Crippen molar-refractivity contribution < 1.29 is 9.13 Å². The van der Waals surface area contributed by atoms with Crippen LogP contribution in [0.4, 0.5) is 4.39 Å². The molecule has 0 saturated carbocycles. The van der Waals surface area contributed by atoms with Gasteiger partial charge in [0.25, 0.3) is 0 Å². The molecule has 78 valence electrons. The molecule has 0 aliphatic carbocycles. The number of alkyl halides is 3. The zero-order chi connectivity index (χ0) is 10.8. The maximum absolute atomic E-state index is 13.3. The Hall–Kier alpha value is -0.0900. The largest absolute Gasteiger partial charge is 0.491 e. The van der Waals surface area contributed by atoms with Crippen LogP contribution >= 0.6 is 31.9 Å². The van der Waals surface area contributed by atoms with Gasteiger partial charge < -0.3 is 4.74 Å². The lowest BCUT2D eigenvalue weighted by Gasteiger charge is -2.13. The Labute approximate surface area is 99.9 Å². The highest BCUT2D eigenvalue weighted by molar-refractivity contribution is 9.24. The number of rotatable bonds is 3. The van der Waals surface area contributed by atoms with Crippen LogP contribution in [0.25, 0.3) is 0 Å². The van der Waals surface area contributed by atoms with Crippen molar-refractivity contribution in [3.63, 3.8) is 0 Å². The van der Waals surface area contributed by atoms with E-state index in [0.29, 0.717) is 5.56 Å². The van der Waals surface area contributed by atoms with Crippen molar-refractivity contribution in [3.8, 4) is 5.75 Å². The number of halogens is 3. The molecule has 1 rings (SSSR count). The Morgan fingerprint density at radius 2 is 1.71 bits per heavy atom. The minimum atomic E-state index is -1.66. The molecule has 0 heterocycles. The smallest absolute Gasteiger partial charge is 0.244 e. The Bertz CT molecular complexity index is 290. The molecule has 14 heavy (non-hydrogen) atoms. The van der Waals surface area contributed by atoms with Gasteiger partial charge in [0.2, 0.25) is 3.49 Å². The fraction of sp³-hybridized carbons (Fsp3) is 0.400. The first kappa shape index (κ1) is 12.0. The molecule has 1 nitrogen and oxygen atoms in total. The molecule has 1 aromatic rings. The topological polar surface area (TPSA) is 9.23 Å². The van der Waals surface area contributed by atoms with Crippen molar-refractivity contribution in [3.05, 3.63) is 29.8 Å².